The van der Waals surface area contributed by atoms with Crippen molar-refractivity contribution in [2.45, 2.75) is 31.3 Å². The Morgan fingerprint density at radius 3 is 2.42 bits per heavy atom. The van der Waals surface area contributed by atoms with Crippen LogP contribution in [0.4, 0.5) is 18.9 Å². The molecule has 2 rings (SSSR count). The zero-order chi connectivity index (χ0) is 17.6. The van der Waals surface area contributed by atoms with Crippen LogP contribution in [0.5, 0.6) is 0 Å². The van der Waals surface area contributed by atoms with E-state index in [-0.39, 0.29) is 0 Å². The molecular weight excluding hydrogens is 331 g/mol. The number of alkyl halides is 3. The Labute approximate surface area is 145 Å². The molecule has 0 atom stereocenters. The second kappa shape index (κ2) is 8.29. The predicted octanol–water partition coefficient (Wildman–Crippen LogP) is 6.51. The molecule has 0 radical (unpaired) electrons. The molecule has 0 aliphatic heterocycles. The van der Waals surface area contributed by atoms with E-state index >= 15 is 0 Å². The van der Waals surface area contributed by atoms with Crippen LogP contribution in [0.1, 0.15) is 24.5 Å². The zero-order valence-electron chi connectivity index (χ0n) is 13.7. The molecule has 2 aromatic rings. The Bertz CT molecular complexity index is 691. The van der Waals surface area contributed by atoms with Gasteiger partial charge in [-0.15, -0.1) is 11.8 Å². The summed E-state index contributed by atoms with van der Waals surface area (Å²) in [6.07, 6.45) is -1.39. The summed E-state index contributed by atoms with van der Waals surface area (Å²) in [5.41, 5.74) is 2.22. The lowest BCUT2D eigenvalue weighted by Crippen LogP contribution is -2.06. The van der Waals surface area contributed by atoms with Crippen molar-refractivity contribution in [1.82, 2.24) is 0 Å². The first-order valence-corrected chi connectivity index (χ1v) is 8.70. The van der Waals surface area contributed by atoms with Crippen LogP contribution in [0.2, 0.25) is 0 Å². The number of aryl methyl sites for hydroxylation is 1. The summed E-state index contributed by atoms with van der Waals surface area (Å²) < 4.78 is 37.8. The SMILES string of the molecule is CC/C=C(\CSc1cccc(C)c1)Nc1ccc(C(F)(F)F)cc1. The normalized spacial score (nSPS) is 12.3. The van der Waals surface area contributed by atoms with Crippen LogP contribution < -0.4 is 5.32 Å². The largest absolute Gasteiger partial charge is 0.416 e. The Morgan fingerprint density at radius 1 is 1.12 bits per heavy atom. The quantitative estimate of drug-likeness (QED) is 0.595. The number of thioether (sulfide) groups is 1. The Hall–Kier alpha value is -1.88. The topological polar surface area (TPSA) is 12.0 Å². The first kappa shape index (κ1) is 18.5. The van der Waals surface area contributed by atoms with Gasteiger partial charge in [-0.3, -0.25) is 0 Å². The number of hydrogen-bond acceptors (Lipinski definition) is 2. The highest BCUT2D eigenvalue weighted by Gasteiger charge is 2.29. The maximum atomic E-state index is 12.6. The highest BCUT2D eigenvalue weighted by molar-refractivity contribution is 7.99. The van der Waals surface area contributed by atoms with Crippen molar-refractivity contribution in [2.75, 3.05) is 11.1 Å². The summed E-state index contributed by atoms with van der Waals surface area (Å²) >= 11 is 1.70. The molecule has 0 amide bonds. The van der Waals surface area contributed by atoms with Gasteiger partial charge in [-0.1, -0.05) is 30.7 Å². The summed E-state index contributed by atoms with van der Waals surface area (Å²) in [7, 11) is 0. The van der Waals surface area contributed by atoms with E-state index < -0.39 is 11.7 Å². The second-order valence-corrected chi connectivity index (χ2v) is 6.49. The number of hydrogen-bond donors (Lipinski definition) is 1. The van der Waals surface area contributed by atoms with Crippen LogP contribution >= 0.6 is 11.8 Å². The van der Waals surface area contributed by atoms with E-state index in [2.05, 4.69) is 23.5 Å². The summed E-state index contributed by atoms with van der Waals surface area (Å²) in [5, 5.41) is 3.22. The predicted molar refractivity (Wildman–Crippen MR) is 95.3 cm³/mol. The van der Waals surface area contributed by atoms with Crippen LogP contribution in [0, 0.1) is 6.92 Å². The minimum atomic E-state index is -4.30. The number of nitrogens with one attached hydrogen (secondary N) is 1. The Kier molecular flexibility index (Phi) is 6.37. The van der Waals surface area contributed by atoms with Crippen molar-refractivity contribution < 1.29 is 13.2 Å². The molecule has 0 spiro atoms. The van der Waals surface area contributed by atoms with Gasteiger partial charge in [-0.2, -0.15) is 13.2 Å². The third kappa shape index (κ3) is 5.64. The number of rotatable bonds is 6. The number of anilines is 1. The van der Waals surface area contributed by atoms with Crippen molar-refractivity contribution in [3.05, 3.63) is 71.4 Å². The van der Waals surface area contributed by atoms with Gasteiger partial charge in [0.1, 0.15) is 0 Å². The molecule has 0 aliphatic rings. The van der Waals surface area contributed by atoms with Crippen molar-refractivity contribution >= 4 is 17.4 Å². The molecule has 1 nitrogen and oxygen atoms in total. The number of halogens is 3. The van der Waals surface area contributed by atoms with Crippen molar-refractivity contribution in [3.63, 3.8) is 0 Å². The van der Waals surface area contributed by atoms with Gasteiger partial charge in [0.25, 0.3) is 0 Å². The van der Waals surface area contributed by atoms with Gasteiger partial charge < -0.3 is 5.32 Å². The first-order chi connectivity index (χ1) is 11.4. The summed E-state index contributed by atoms with van der Waals surface area (Å²) in [4.78, 5) is 1.17. The van der Waals surface area contributed by atoms with Gasteiger partial charge >= 0.3 is 6.18 Å². The molecule has 0 bridgehead atoms. The molecule has 1 N–H and O–H groups in total. The van der Waals surface area contributed by atoms with E-state index in [4.69, 9.17) is 0 Å². The van der Waals surface area contributed by atoms with E-state index in [9.17, 15) is 13.2 Å². The molecule has 0 saturated heterocycles. The number of allylic oxidation sites excluding steroid dienone is 1. The van der Waals surface area contributed by atoms with Crippen molar-refractivity contribution in [2.24, 2.45) is 0 Å². The minimum Gasteiger partial charge on any atom is -0.358 e. The Morgan fingerprint density at radius 2 is 1.83 bits per heavy atom. The average Bonchev–Trinajstić information content (AvgIpc) is 2.52. The summed E-state index contributed by atoms with van der Waals surface area (Å²) in [6, 6.07) is 13.4. The van der Waals surface area contributed by atoms with Crippen LogP contribution in [0.25, 0.3) is 0 Å². The van der Waals surface area contributed by atoms with Gasteiger partial charge in [0.15, 0.2) is 0 Å². The summed E-state index contributed by atoms with van der Waals surface area (Å²) in [6.45, 7) is 4.08. The van der Waals surface area contributed by atoms with Crippen LogP contribution in [-0.4, -0.2) is 5.75 Å². The minimum absolute atomic E-state index is 0.636. The molecule has 0 aliphatic carbocycles. The van der Waals surface area contributed by atoms with E-state index in [1.54, 1.807) is 11.8 Å². The van der Waals surface area contributed by atoms with Crippen LogP contribution in [0.3, 0.4) is 0 Å². The fraction of sp³-hybridized carbons (Fsp3) is 0.263. The van der Waals surface area contributed by atoms with Gasteiger partial charge in [-0.25, -0.2) is 0 Å². The molecule has 5 heteroatoms. The number of benzene rings is 2. The molecule has 0 fully saturated rings. The molecule has 0 heterocycles. The average molecular weight is 351 g/mol. The zero-order valence-corrected chi connectivity index (χ0v) is 14.5. The molecule has 0 saturated carbocycles. The maximum Gasteiger partial charge on any atom is 0.416 e. The van der Waals surface area contributed by atoms with E-state index in [0.717, 1.165) is 30.0 Å². The lowest BCUT2D eigenvalue weighted by molar-refractivity contribution is -0.137. The molecule has 0 aromatic heterocycles. The first-order valence-electron chi connectivity index (χ1n) is 7.71. The van der Waals surface area contributed by atoms with Crippen molar-refractivity contribution in [1.29, 1.82) is 0 Å². The standard InChI is InChI=1S/C19H20F3NS/c1-3-5-17(13-24-18-7-4-6-14(2)12-18)23-16-10-8-15(9-11-16)19(20,21)22/h4-12,23H,3,13H2,1-2H3/b17-5+. The van der Waals surface area contributed by atoms with E-state index in [1.807, 2.05) is 26.0 Å². The molecule has 2 aromatic carbocycles. The molecule has 0 unspecified atom stereocenters. The lowest BCUT2D eigenvalue weighted by Gasteiger charge is -2.13. The van der Waals surface area contributed by atoms with E-state index in [1.165, 1.54) is 22.6 Å². The highest BCUT2D eigenvalue weighted by atomic mass is 32.2. The van der Waals surface area contributed by atoms with E-state index in [0.29, 0.717) is 5.69 Å². The van der Waals surface area contributed by atoms with Gasteiger partial charge in [-0.05, 0) is 49.7 Å². The van der Waals surface area contributed by atoms with Crippen LogP contribution in [0.15, 0.2) is 65.2 Å². The highest BCUT2D eigenvalue weighted by Crippen LogP contribution is 2.30. The van der Waals surface area contributed by atoms with Gasteiger partial charge in [0, 0.05) is 22.0 Å². The smallest absolute Gasteiger partial charge is 0.358 e. The fourth-order valence-electron chi connectivity index (χ4n) is 2.19. The van der Waals surface area contributed by atoms with Crippen molar-refractivity contribution in [3.8, 4) is 0 Å². The molecule has 128 valence electrons. The monoisotopic (exact) mass is 351 g/mol. The molecule has 24 heavy (non-hydrogen) atoms. The van der Waals surface area contributed by atoms with Crippen LogP contribution in [-0.2, 0) is 6.18 Å². The Balaban J connectivity index is 2.02. The lowest BCUT2D eigenvalue weighted by atomic mass is 10.2. The fourth-order valence-corrected chi connectivity index (χ4v) is 3.14. The second-order valence-electron chi connectivity index (χ2n) is 5.44. The molecular formula is C19H20F3NS. The third-order valence-electron chi connectivity index (χ3n) is 3.35. The summed E-state index contributed by atoms with van der Waals surface area (Å²) in [5.74, 6) is 0.734. The van der Waals surface area contributed by atoms with Gasteiger partial charge in [0.2, 0.25) is 0 Å². The van der Waals surface area contributed by atoms with Gasteiger partial charge in [0.05, 0.1) is 5.56 Å². The third-order valence-corrected chi connectivity index (χ3v) is 4.39. The maximum absolute atomic E-state index is 12.6.